The van der Waals surface area contributed by atoms with Gasteiger partial charge in [-0.05, 0) is 35.7 Å². The number of nitrogens with zero attached hydrogens (tertiary/aromatic N) is 2. The van der Waals surface area contributed by atoms with E-state index in [2.05, 4.69) is 20.5 Å². The maximum Gasteiger partial charge on any atom is 0.261 e. The summed E-state index contributed by atoms with van der Waals surface area (Å²) >= 11 is 0. The van der Waals surface area contributed by atoms with Gasteiger partial charge in [-0.1, -0.05) is 32.0 Å². The Hall–Kier alpha value is -3.35. The quantitative estimate of drug-likeness (QED) is 0.652. The molecule has 1 heterocycles. The minimum absolute atomic E-state index is 0.0748. The van der Waals surface area contributed by atoms with Crippen LogP contribution in [0.4, 0.5) is 5.95 Å². The lowest BCUT2D eigenvalue weighted by molar-refractivity contribution is 0.102. The summed E-state index contributed by atoms with van der Waals surface area (Å²) in [6.45, 7) is 4.03. The summed E-state index contributed by atoms with van der Waals surface area (Å²) in [6, 6.07) is 12.4. The van der Waals surface area contributed by atoms with Crippen molar-refractivity contribution in [3.8, 4) is 22.9 Å². The predicted molar refractivity (Wildman–Crippen MR) is 98.5 cm³/mol. The average molecular weight is 352 g/mol. The van der Waals surface area contributed by atoms with Gasteiger partial charge in [0, 0.05) is 0 Å². The van der Waals surface area contributed by atoms with Gasteiger partial charge in [0.05, 0.1) is 18.2 Å². The van der Waals surface area contributed by atoms with Gasteiger partial charge in [0.1, 0.15) is 11.5 Å². The predicted octanol–water partition coefficient (Wildman–Crippen LogP) is 3.56. The molecule has 26 heavy (non-hydrogen) atoms. The van der Waals surface area contributed by atoms with Crippen LogP contribution in [0.25, 0.3) is 11.4 Å². The number of carbonyl (C=O) groups excluding carboxylic acids is 1. The molecule has 134 valence electrons. The number of anilines is 1. The van der Waals surface area contributed by atoms with E-state index in [-0.39, 0.29) is 23.2 Å². The number of aromatic amines is 1. The lowest BCUT2D eigenvalue weighted by Crippen LogP contribution is -2.13. The molecule has 0 saturated carbocycles. The number of H-pyrrole nitrogens is 1. The van der Waals surface area contributed by atoms with Crippen molar-refractivity contribution < 1.29 is 14.6 Å². The number of nitrogens with one attached hydrogen (secondary N) is 2. The minimum Gasteiger partial charge on any atom is -0.507 e. The van der Waals surface area contributed by atoms with Crippen molar-refractivity contribution in [2.45, 2.75) is 19.8 Å². The van der Waals surface area contributed by atoms with Crippen LogP contribution in [-0.4, -0.2) is 33.3 Å². The van der Waals surface area contributed by atoms with Gasteiger partial charge < -0.3 is 9.84 Å². The first-order chi connectivity index (χ1) is 12.5. The second-order valence-electron chi connectivity index (χ2n) is 6.09. The van der Waals surface area contributed by atoms with E-state index in [1.807, 2.05) is 44.2 Å². The highest BCUT2D eigenvalue weighted by molar-refractivity contribution is 6.05. The number of hydrogen-bond donors (Lipinski definition) is 3. The van der Waals surface area contributed by atoms with E-state index in [1.54, 1.807) is 19.2 Å². The molecule has 1 aromatic heterocycles. The Morgan fingerprint density at radius 2 is 2.00 bits per heavy atom. The largest absolute Gasteiger partial charge is 0.507 e. The molecule has 3 aromatic rings. The van der Waals surface area contributed by atoms with Crippen LogP contribution in [0, 0.1) is 0 Å². The van der Waals surface area contributed by atoms with Gasteiger partial charge >= 0.3 is 0 Å². The summed E-state index contributed by atoms with van der Waals surface area (Å²) in [4.78, 5) is 16.7. The second-order valence-corrected chi connectivity index (χ2v) is 6.09. The van der Waals surface area contributed by atoms with Crippen LogP contribution in [0.5, 0.6) is 11.5 Å². The van der Waals surface area contributed by atoms with Crippen molar-refractivity contribution >= 4 is 11.9 Å². The lowest BCUT2D eigenvalue weighted by atomic mass is 10.0. The van der Waals surface area contributed by atoms with Crippen LogP contribution in [0.1, 0.15) is 35.7 Å². The molecule has 1 amide bonds. The van der Waals surface area contributed by atoms with Gasteiger partial charge in [-0.2, -0.15) is 4.98 Å². The Kier molecular flexibility index (Phi) is 4.88. The highest BCUT2D eigenvalue weighted by Crippen LogP contribution is 2.28. The molecule has 0 saturated heterocycles. The van der Waals surface area contributed by atoms with E-state index in [0.29, 0.717) is 11.6 Å². The highest BCUT2D eigenvalue weighted by Gasteiger charge is 2.16. The van der Waals surface area contributed by atoms with Crippen LogP contribution in [-0.2, 0) is 0 Å². The Balaban J connectivity index is 1.80. The third-order valence-corrected chi connectivity index (χ3v) is 4.01. The highest BCUT2D eigenvalue weighted by atomic mass is 16.5. The molecule has 0 spiro atoms. The zero-order valence-electron chi connectivity index (χ0n) is 14.8. The Labute approximate surface area is 151 Å². The van der Waals surface area contributed by atoms with E-state index in [4.69, 9.17) is 4.74 Å². The van der Waals surface area contributed by atoms with Crippen LogP contribution in [0.2, 0.25) is 0 Å². The number of methoxy groups -OCH3 is 1. The molecule has 7 heteroatoms. The van der Waals surface area contributed by atoms with E-state index in [1.165, 1.54) is 0 Å². The summed E-state index contributed by atoms with van der Waals surface area (Å²) in [5.74, 6) is 0.927. The molecule has 0 unspecified atom stereocenters. The molecule has 0 bridgehead atoms. The third kappa shape index (κ3) is 3.51. The second kappa shape index (κ2) is 7.26. The molecule has 7 nitrogen and oxygen atoms in total. The fourth-order valence-electron chi connectivity index (χ4n) is 2.55. The SMILES string of the molecule is COc1ccccc1-c1nc(NC(=O)c2ccc(C(C)C)cc2O)n[nH]1. The van der Waals surface area contributed by atoms with Crippen LogP contribution < -0.4 is 10.1 Å². The zero-order chi connectivity index (χ0) is 18.7. The Bertz CT molecular complexity index is 934. The maximum atomic E-state index is 12.4. The fraction of sp³-hybridized carbons (Fsp3) is 0.211. The first-order valence-electron chi connectivity index (χ1n) is 8.19. The monoisotopic (exact) mass is 352 g/mol. The lowest BCUT2D eigenvalue weighted by Gasteiger charge is -2.09. The van der Waals surface area contributed by atoms with Crippen molar-refractivity contribution in [2.24, 2.45) is 0 Å². The first kappa shape index (κ1) is 17.5. The van der Waals surface area contributed by atoms with Gasteiger partial charge in [-0.3, -0.25) is 15.2 Å². The summed E-state index contributed by atoms with van der Waals surface area (Å²) in [7, 11) is 1.57. The first-order valence-corrected chi connectivity index (χ1v) is 8.19. The number of phenolic OH excluding ortho intramolecular Hbond substituents is 1. The van der Waals surface area contributed by atoms with Crippen LogP contribution in [0.15, 0.2) is 42.5 Å². The number of hydrogen-bond acceptors (Lipinski definition) is 5. The van der Waals surface area contributed by atoms with Crippen LogP contribution in [0.3, 0.4) is 0 Å². The maximum absolute atomic E-state index is 12.4. The Morgan fingerprint density at radius 1 is 1.23 bits per heavy atom. The number of aromatic nitrogens is 3. The molecule has 3 rings (SSSR count). The van der Waals surface area contributed by atoms with E-state index in [0.717, 1.165) is 11.1 Å². The number of ether oxygens (including phenoxy) is 1. The molecular weight excluding hydrogens is 332 g/mol. The van der Waals surface area contributed by atoms with Gasteiger partial charge in [0.2, 0.25) is 5.95 Å². The molecule has 0 aliphatic rings. The molecule has 0 radical (unpaired) electrons. The number of benzene rings is 2. The standard InChI is InChI=1S/C19H20N4O3/c1-11(2)12-8-9-13(15(24)10-12)18(25)21-19-20-17(22-23-19)14-6-4-5-7-16(14)26-3/h4-11,24H,1-3H3,(H2,20,21,22,23,25). The van der Waals surface area contributed by atoms with Crippen molar-refractivity contribution in [3.63, 3.8) is 0 Å². The van der Waals surface area contributed by atoms with Crippen molar-refractivity contribution in [1.82, 2.24) is 15.2 Å². The van der Waals surface area contributed by atoms with Crippen molar-refractivity contribution in [3.05, 3.63) is 53.6 Å². The number of amides is 1. The fourth-order valence-corrected chi connectivity index (χ4v) is 2.55. The van der Waals surface area contributed by atoms with E-state index < -0.39 is 5.91 Å². The molecule has 2 aromatic carbocycles. The number of phenols is 1. The summed E-state index contributed by atoms with van der Waals surface area (Å²) in [6.07, 6.45) is 0. The molecule has 0 aliphatic heterocycles. The van der Waals surface area contributed by atoms with Crippen molar-refractivity contribution in [2.75, 3.05) is 12.4 Å². The van der Waals surface area contributed by atoms with E-state index >= 15 is 0 Å². The number of rotatable bonds is 5. The normalized spacial score (nSPS) is 10.8. The Morgan fingerprint density at radius 3 is 2.69 bits per heavy atom. The summed E-state index contributed by atoms with van der Waals surface area (Å²) in [5.41, 5.74) is 1.85. The summed E-state index contributed by atoms with van der Waals surface area (Å²) in [5, 5.41) is 19.5. The molecule has 0 fully saturated rings. The number of carbonyl (C=O) groups is 1. The van der Waals surface area contributed by atoms with Gasteiger partial charge in [0.15, 0.2) is 5.82 Å². The molecule has 0 atom stereocenters. The third-order valence-electron chi connectivity index (χ3n) is 4.01. The number of para-hydroxylation sites is 1. The minimum atomic E-state index is -0.483. The average Bonchev–Trinajstić information content (AvgIpc) is 3.09. The van der Waals surface area contributed by atoms with Gasteiger partial charge in [-0.15, -0.1) is 5.10 Å². The number of aromatic hydroxyl groups is 1. The van der Waals surface area contributed by atoms with Crippen LogP contribution >= 0.6 is 0 Å². The molecule has 0 aliphatic carbocycles. The smallest absolute Gasteiger partial charge is 0.261 e. The zero-order valence-corrected chi connectivity index (χ0v) is 14.8. The van der Waals surface area contributed by atoms with Crippen molar-refractivity contribution in [1.29, 1.82) is 0 Å². The topological polar surface area (TPSA) is 100 Å². The van der Waals surface area contributed by atoms with E-state index in [9.17, 15) is 9.90 Å². The molecular formula is C19H20N4O3. The van der Waals surface area contributed by atoms with Gasteiger partial charge in [-0.25, -0.2) is 0 Å². The summed E-state index contributed by atoms with van der Waals surface area (Å²) < 4.78 is 5.30. The molecule has 3 N–H and O–H groups in total. The van der Waals surface area contributed by atoms with Gasteiger partial charge in [0.25, 0.3) is 5.91 Å².